The average Bonchev–Trinajstić information content (AvgIpc) is 3.78. The van der Waals surface area contributed by atoms with Gasteiger partial charge in [-0.2, -0.15) is 0 Å². The van der Waals surface area contributed by atoms with E-state index in [0.717, 1.165) is 11.3 Å². The predicted octanol–water partition coefficient (Wildman–Crippen LogP) is 4.93. The minimum atomic E-state index is -1.40. The van der Waals surface area contributed by atoms with Gasteiger partial charge in [-0.3, -0.25) is 19.4 Å². The Morgan fingerprint density at radius 1 is 1.02 bits per heavy atom. The number of nitrogens with zero attached hydrogens (tertiary/aromatic N) is 5. The van der Waals surface area contributed by atoms with Gasteiger partial charge < -0.3 is 43.2 Å². The molecule has 3 aliphatic heterocycles. The molecule has 3 saturated heterocycles. The molecule has 0 saturated carbocycles. The third kappa shape index (κ3) is 9.33. The summed E-state index contributed by atoms with van der Waals surface area (Å²) >= 11 is 0. The number of hydrogen-bond donors (Lipinski definition) is 1. The van der Waals surface area contributed by atoms with E-state index >= 15 is 0 Å². The minimum Gasteiger partial charge on any atom is -0.458 e. The van der Waals surface area contributed by atoms with Crippen molar-refractivity contribution in [1.82, 2.24) is 24.3 Å². The van der Waals surface area contributed by atoms with Crippen LogP contribution < -0.4 is 0 Å². The maximum Gasteiger partial charge on any atom is 0.410 e. The normalized spacial score (nSPS) is 36.7. The van der Waals surface area contributed by atoms with Crippen LogP contribution in [0.5, 0.6) is 0 Å². The molecule has 15 heteroatoms. The molecule has 2 aromatic heterocycles. The zero-order chi connectivity index (χ0) is 42.7. The molecule has 0 spiro atoms. The Labute approximate surface area is 343 Å². The Balaban J connectivity index is 1.43. The van der Waals surface area contributed by atoms with E-state index in [4.69, 9.17) is 23.7 Å². The van der Waals surface area contributed by atoms with E-state index in [2.05, 4.69) is 9.97 Å². The number of amides is 1. The van der Waals surface area contributed by atoms with E-state index < -0.39 is 83.4 Å². The van der Waals surface area contributed by atoms with E-state index in [0.29, 0.717) is 32.4 Å². The minimum absolute atomic E-state index is 0.130. The Bertz CT molecular complexity index is 1740. The molecule has 0 aromatic carbocycles. The van der Waals surface area contributed by atoms with Crippen LogP contribution in [0.25, 0.3) is 11.3 Å². The van der Waals surface area contributed by atoms with Gasteiger partial charge in [-0.05, 0) is 86.0 Å². The molecule has 3 aliphatic rings. The van der Waals surface area contributed by atoms with E-state index in [-0.39, 0.29) is 30.8 Å². The highest BCUT2D eigenvalue weighted by molar-refractivity contribution is 6.00. The molecule has 5 rings (SSSR count). The monoisotopic (exact) mass is 811 g/mol. The fourth-order valence-electron chi connectivity index (χ4n) is 9.43. The SMILES string of the molecule is CC[C@@H]1OC(=O)[C@H](C)C(=O)[C@H](C)[C@@H](O[C@@H]2O[C@H](C)C[C@H](N(C)C)[C@H]2O)[C@@](C)(OC)C[C@@H](C)C(=O)[C@H](C)[C@H]2N(CCCCn3cnc(-c4cccnc4)c3)C(=O)O[C@]12C. The van der Waals surface area contributed by atoms with Gasteiger partial charge in [0.1, 0.15) is 23.9 Å². The number of aryl methyl sites for hydroxylation is 1. The number of carbonyl (C=O) groups is 4. The van der Waals surface area contributed by atoms with Crippen LogP contribution in [0.1, 0.15) is 87.5 Å². The summed E-state index contributed by atoms with van der Waals surface area (Å²) in [5, 5.41) is 11.4. The fraction of sp³-hybridized carbons (Fsp3) is 0.721. The van der Waals surface area contributed by atoms with Crippen molar-refractivity contribution < 1.29 is 48.0 Å². The van der Waals surface area contributed by atoms with Crippen molar-refractivity contribution in [2.24, 2.45) is 23.7 Å². The van der Waals surface area contributed by atoms with Gasteiger partial charge in [-0.25, -0.2) is 9.78 Å². The summed E-state index contributed by atoms with van der Waals surface area (Å²) in [6.45, 7) is 14.9. The van der Waals surface area contributed by atoms with Crippen LogP contribution in [0.4, 0.5) is 4.79 Å². The highest BCUT2D eigenvalue weighted by Gasteiger charge is 2.60. The van der Waals surface area contributed by atoms with Crippen LogP contribution in [0.2, 0.25) is 0 Å². The lowest BCUT2D eigenvalue weighted by Gasteiger charge is -2.47. The maximum atomic E-state index is 14.7. The number of ether oxygens (including phenoxy) is 5. The van der Waals surface area contributed by atoms with Crippen molar-refractivity contribution in [2.75, 3.05) is 27.7 Å². The largest absolute Gasteiger partial charge is 0.458 e. The van der Waals surface area contributed by atoms with Crippen LogP contribution in [0.3, 0.4) is 0 Å². The summed E-state index contributed by atoms with van der Waals surface area (Å²) in [5.41, 5.74) is -0.938. The van der Waals surface area contributed by atoms with Crippen LogP contribution in [-0.2, 0) is 44.6 Å². The maximum absolute atomic E-state index is 14.7. The number of aliphatic hydroxyl groups excluding tert-OH is 1. The smallest absolute Gasteiger partial charge is 0.410 e. The number of aliphatic hydroxyl groups is 1. The molecule has 1 N–H and O–H groups in total. The van der Waals surface area contributed by atoms with Gasteiger partial charge in [0.15, 0.2) is 17.7 Å². The first-order valence-corrected chi connectivity index (χ1v) is 20.8. The summed E-state index contributed by atoms with van der Waals surface area (Å²) in [4.78, 5) is 69.0. The Hall–Kier alpha value is -3.76. The van der Waals surface area contributed by atoms with Crippen molar-refractivity contribution in [3.63, 3.8) is 0 Å². The van der Waals surface area contributed by atoms with Crippen molar-refractivity contribution in [3.8, 4) is 11.3 Å². The number of unbranched alkanes of at least 4 members (excludes halogenated alkanes) is 1. The van der Waals surface area contributed by atoms with E-state index in [1.807, 2.05) is 62.7 Å². The second-order valence-corrected chi connectivity index (χ2v) is 17.3. The zero-order valence-electron chi connectivity index (χ0n) is 36.1. The van der Waals surface area contributed by atoms with Crippen LogP contribution in [-0.4, -0.2) is 135 Å². The van der Waals surface area contributed by atoms with Crippen molar-refractivity contribution in [3.05, 3.63) is 37.1 Å². The number of hydrogen-bond acceptors (Lipinski definition) is 13. The number of aromatic nitrogens is 3. The Kier molecular flexibility index (Phi) is 14.6. The molecule has 322 valence electrons. The summed E-state index contributed by atoms with van der Waals surface area (Å²) in [7, 11) is 5.24. The average molecular weight is 812 g/mol. The second-order valence-electron chi connectivity index (χ2n) is 17.3. The summed E-state index contributed by atoms with van der Waals surface area (Å²) in [6, 6.07) is 2.74. The summed E-state index contributed by atoms with van der Waals surface area (Å²) in [6.07, 6.45) is 4.45. The number of fused-ring (bicyclic) bond motifs is 1. The van der Waals surface area contributed by atoms with Crippen molar-refractivity contribution in [2.45, 2.75) is 148 Å². The first kappa shape index (κ1) is 45.3. The molecule has 3 fully saturated rings. The lowest BCUT2D eigenvalue weighted by atomic mass is 9.73. The van der Waals surface area contributed by atoms with Gasteiger partial charge in [0.25, 0.3) is 0 Å². The van der Waals surface area contributed by atoms with Crippen molar-refractivity contribution in [1.29, 1.82) is 0 Å². The first-order valence-electron chi connectivity index (χ1n) is 20.8. The van der Waals surface area contributed by atoms with E-state index in [1.165, 1.54) is 14.0 Å². The number of cyclic esters (lactones) is 1. The molecule has 2 aromatic rings. The molecule has 0 bridgehead atoms. The second kappa shape index (κ2) is 18.7. The van der Waals surface area contributed by atoms with Gasteiger partial charge >= 0.3 is 12.1 Å². The first-order chi connectivity index (χ1) is 27.4. The highest BCUT2D eigenvalue weighted by Crippen LogP contribution is 2.43. The van der Waals surface area contributed by atoms with Crippen molar-refractivity contribution >= 4 is 23.6 Å². The van der Waals surface area contributed by atoms with Gasteiger partial charge in [0, 0.05) is 68.1 Å². The molecule has 0 radical (unpaired) electrons. The molecule has 0 unspecified atom stereocenters. The number of Topliss-reactive ketones (excluding diaryl/α,β-unsaturated/α-hetero) is 2. The predicted molar refractivity (Wildman–Crippen MR) is 214 cm³/mol. The Morgan fingerprint density at radius 2 is 1.72 bits per heavy atom. The molecule has 13 atom stereocenters. The molecule has 5 heterocycles. The number of methoxy groups -OCH3 is 1. The number of ketones is 2. The standard InChI is InChI=1S/C43H65N5O10/c1-12-33-43(8)37(48(41(53)58-43)19-14-13-18-47-23-31(45-24-47)30-16-15-17-44-22-30)27(4)34(49)25(2)21-42(7,54-11)38(28(5)35(50)29(6)39(52)56-33)57-40-36(51)32(46(9)10)20-26(3)55-40/h15-17,22-29,32-33,36-38,40,51H,12-14,18-21H2,1-11H3/t25-,26-,27+,28+,29-,32+,33+,36-,37-,38-,40+,42+,43-/m1/s1. The summed E-state index contributed by atoms with van der Waals surface area (Å²) < 4.78 is 33.2. The number of carbonyl (C=O) groups excluding carboxylic acids is 4. The van der Waals surface area contributed by atoms with E-state index in [1.54, 1.807) is 51.3 Å². The molecule has 15 nitrogen and oxygen atoms in total. The molecular weight excluding hydrogens is 746 g/mol. The van der Waals surface area contributed by atoms with Crippen LogP contribution in [0, 0.1) is 23.7 Å². The lowest BCUT2D eigenvalue weighted by Crippen LogP contribution is -2.60. The number of rotatable bonds is 11. The number of imidazole rings is 1. The third-order valence-corrected chi connectivity index (χ3v) is 12.8. The summed E-state index contributed by atoms with van der Waals surface area (Å²) in [5.74, 6) is -4.95. The molecule has 1 amide bonds. The van der Waals surface area contributed by atoms with Gasteiger partial charge in [0.2, 0.25) is 0 Å². The van der Waals surface area contributed by atoms with Gasteiger partial charge in [-0.15, -0.1) is 0 Å². The lowest BCUT2D eigenvalue weighted by molar-refractivity contribution is -0.295. The van der Waals surface area contributed by atoms with Crippen LogP contribution >= 0.6 is 0 Å². The third-order valence-electron chi connectivity index (χ3n) is 12.8. The molecule has 0 aliphatic carbocycles. The van der Waals surface area contributed by atoms with E-state index in [9.17, 15) is 24.3 Å². The quantitative estimate of drug-likeness (QED) is 0.184. The molecule has 58 heavy (non-hydrogen) atoms. The Morgan fingerprint density at radius 3 is 2.36 bits per heavy atom. The van der Waals surface area contributed by atoms with Crippen LogP contribution in [0.15, 0.2) is 37.1 Å². The van der Waals surface area contributed by atoms with Gasteiger partial charge in [-0.1, -0.05) is 27.7 Å². The molecular formula is C43H65N5O10. The zero-order valence-corrected chi connectivity index (χ0v) is 36.1. The number of esters is 1. The fourth-order valence-corrected chi connectivity index (χ4v) is 9.43. The number of likely N-dealkylation sites (N-methyl/N-ethyl adjacent to an activating group) is 1. The van der Waals surface area contributed by atoms with Gasteiger partial charge in [0.05, 0.1) is 35.9 Å². The number of pyridine rings is 1. The topological polar surface area (TPSA) is 172 Å². The highest BCUT2D eigenvalue weighted by atomic mass is 16.7.